The number of aryl methyl sites for hydroxylation is 1. The molecule has 1 fully saturated rings. The second-order valence-electron chi connectivity index (χ2n) is 6.57. The minimum absolute atomic E-state index is 0.212. The van der Waals surface area contributed by atoms with Gasteiger partial charge in [0.25, 0.3) is 0 Å². The van der Waals surface area contributed by atoms with Gasteiger partial charge in [0, 0.05) is 24.8 Å². The van der Waals surface area contributed by atoms with Crippen LogP contribution in [0.3, 0.4) is 0 Å². The quantitative estimate of drug-likeness (QED) is 0.923. The van der Waals surface area contributed by atoms with E-state index in [1.54, 1.807) is 4.90 Å². The van der Waals surface area contributed by atoms with Gasteiger partial charge in [-0.2, -0.15) is 0 Å². The van der Waals surface area contributed by atoms with Crippen LogP contribution in [0.1, 0.15) is 39.7 Å². The summed E-state index contributed by atoms with van der Waals surface area (Å²) in [4.78, 5) is 13.8. The summed E-state index contributed by atoms with van der Waals surface area (Å²) in [5.74, 6) is 0. The number of hydrogen-bond acceptors (Lipinski definition) is 3. The number of benzene rings is 1. The molecular formula is C17H26N2O2. The third kappa shape index (κ3) is 4.38. The monoisotopic (exact) mass is 290 g/mol. The largest absolute Gasteiger partial charge is 0.444 e. The Labute approximate surface area is 127 Å². The summed E-state index contributed by atoms with van der Waals surface area (Å²) in [7, 11) is 0. The number of hydrogen-bond donors (Lipinski definition) is 1. The van der Waals surface area contributed by atoms with E-state index in [0.717, 1.165) is 19.4 Å². The van der Waals surface area contributed by atoms with Crippen LogP contribution in [0.5, 0.6) is 0 Å². The lowest BCUT2D eigenvalue weighted by Crippen LogP contribution is -2.36. The second kappa shape index (κ2) is 6.37. The Bertz CT molecular complexity index is 494. The van der Waals surface area contributed by atoms with Gasteiger partial charge >= 0.3 is 6.09 Å². The maximum atomic E-state index is 12.1. The third-order valence-electron chi connectivity index (χ3n) is 3.60. The highest BCUT2D eigenvalue weighted by molar-refractivity contribution is 5.68. The van der Waals surface area contributed by atoms with Crippen molar-refractivity contribution in [2.75, 3.05) is 18.4 Å². The summed E-state index contributed by atoms with van der Waals surface area (Å²) in [6.07, 6.45) is 1.75. The van der Waals surface area contributed by atoms with Crippen LogP contribution < -0.4 is 5.32 Å². The average molecular weight is 290 g/mol. The zero-order valence-corrected chi connectivity index (χ0v) is 13.5. The number of para-hydroxylation sites is 1. The number of rotatable bonds is 3. The van der Waals surface area contributed by atoms with E-state index in [0.29, 0.717) is 12.6 Å². The first kappa shape index (κ1) is 15.7. The normalized spacial score (nSPS) is 18.7. The zero-order valence-electron chi connectivity index (χ0n) is 13.5. The zero-order chi connectivity index (χ0) is 15.5. The lowest BCUT2D eigenvalue weighted by molar-refractivity contribution is 0.0293. The highest BCUT2D eigenvalue weighted by Gasteiger charge is 2.29. The Hall–Kier alpha value is -1.71. The number of ether oxygens (including phenoxy) is 1. The van der Waals surface area contributed by atoms with E-state index in [4.69, 9.17) is 4.74 Å². The van der Waals surface area contributed by atoms with Crippen molar-refractivity contribution < 1.29 is 9.53 Å². The molecule has 4 heteroatoms. The lowest BCUT2D eigenvalue weighted by Gasteiger charge is -2.24. The molecule has 1 saturated heterocycles. The van der Waals surface area contributed by atoms with Crippen molar-refractivity contribution in [3.05, 3.63) is 29.8 Å². The number of anilines is 1. The Balaban J connectivity index is 1.92. The molecule has 1 aliphatic rings. The van der Waals surface area contributed by atoms with Crippen LogP contribution in [0, 0.1) is 0 Å². The fourth-order valence-corrected chi connectivity index (χ4v) is 2.56. The molecular weight excluding hydrogens is 264 g/mol. The van der Waals surface area contributed by atoms with E-state index in [1.807, 2.05) is 26.8 Å². The molecule has 0 radical (unpaired) electrons. The number of likely N-dealkylation sites (tertiary alicyclic amines) is 1. The Kier molecular flexibility index (Phi) is 4.76. The van der Waals surface area contributed by atoms with Crippen LogP contribution in [-0.4, -0.2) is 35.7 Å². The summed E-state index contributed by atoms with van der Waals surface area (Å²) < 4.78 is 5.42. The second-order valence-corrected chi connectivity index (χ2v) is 6.57. The van der Waals surface area contributed by atoms with E-state index >= 15 is 0 Å². The first-order valence-electron chi connectivity index (χ1n) is 7.71. The van der Waals surface area contributed by atoms with Gasteiger partial charge in [-0.05, 0) is 45.2 Å². The molecule has 116 valence electrons. The molecule has 1 aromatic carbocycles. The number of amides is 1. The molecule has 21 heavy (non-hydrogen) atoms. The SMILES string of the molecule is CCc1ccccc1NC1CCN(C(=O)OC(C)(C)C)C1. The molecule has 0 bridgehead atoms. The molecule has 0 saturated carbocycles. The van der Waals surface area contributed by atoms with Crippen molar-refractivity contribution in [1.29, 1.82) is 0 Å². The van der Waals surface area contributed by atoms with Gasteiger partial charge < -0.3 is 15.0 Å². The van der Waals surface area contributed by atoms with Crippen LogP contribution >= 0.6 is 0 Å². The minimum atomic E-state index is -0.433. The Morgan fingerprint density at radius 1 is 1.38 bits per heavy atom. The number of carbonyl (C=O) groups is 1. The first-order valence-corrected chi connectivity index (χ1v) is 7.71. The average Bonchev–Trinajstić information content (AvgIpc) is 2.86. The molecule has 1 unspecified atom stereocenters. The van der Waals surface area contributed by atoms with Gasteiger partial charge in [0.2, 0.25) is 0 Å². The maximum Gasteiger partial charge on any atom is 0.410 e. The summed E-state index contributed by atoms with van der Waals surface area (Å²) in [5.41, 5.74) is 2.06. The predicted octanol–water partition coefficient (Wildman–Crippen LogP) is 3.67. The van der Waals surface area contributed by atoms with Crippen LogP contribution in [0.4, 0.5) is 10.5 Å². The molecule has 1 aromatic rings. The van der Waals surface area contributed by atoms with E-state index in [9.17, 15) is 4.79 Å². The fraction of sp³-hybridized carbons (Fsp3) is 0.588. The molecule has 1 N–H and O–H groups in total. The lowest BCUT2D eigenvalue weighted by atomic mass is 10.1. The molecule has 2 rings (SSSR count). The third-order valence-corrected chi connectivity index (χ3v) is 3.60. The molecule has 0 spiro atoms. The molecule has 0 aromatic heterocycles. The summed E-state index contributed by atoms with van der Waals surface area (Å²) >= 11 is 0. The fourth-order valence-electron chi connectivity index (χ4n) is 2.56. The van der Waals surface area contributed by atoms with E-state index in [2.05, 4.69) is 30.4 Å². The van der Waals surface area contributed by atoms with Crippen molar-refractivity contribution in [3.8, 4) is 0 Å². The van der Waals surface area contributed by atoms with Crippen LogP contribution in [-0.2, 0) is 11.2 Å². The maximum absolute atomic E-state index is 12.1. The van der Waals surface area contributed by atoms with Crippen molar-refractivity contribution in [3.63, 3.8) is 0 Å². The van der Waals surface area contributed by atoms with Crippen molar-refractivity contribution >= 4 is 11.8 Å². The predicted molar refractivity (Wildman–Crippen MR) is 85.7 cm³/mol. The number of nitrogens with one attached hydrogen (secondary N) is 1. The van der Waals surface area contributed by atoms with Gasteiger partial charge in [-0.15, -0.1) is 0 Å². The van der Waals surface area contributed by atoms with Gasteiger partial charge in [0.1, 0.15) is 5.60 Å². The Morgan fingerprint density at radius 2 is 2.10 bits per heavy atom. The standard InChI is InChI=1S/C17H26N2O2/c1-5-13-8-6-7-9-15(13)18-14-10-11-19(12-14)16(20)21-17(2,3)4/h6-9,14,18H,5,10-12H2,1-4H3. The van der Waals surface area contributed by atoms with Crippen molar-refractivity contribution in [2.24, 2.45) is 0 Å². The van der Waals surface area contributed by atoms with E-state index in [-0.39, 0.29) is 6.09 Å². The smallest absolute Gasteiger partial charge is 0.410 e. The number of carbonyl (C=O) groups excluding carboxylic acids is 1. The van der Waals surface area contributed by atoms with Gasteiger partial charge in [-0.25, -0.2) is 4.79 Å². The highest BCUT2D eigenvalue weighted by atomic mass is 16.6. The molecule has 1 aliphatic heterocycles. The Morgan fingerprint density at radius 3 is 2.76 bits per heavy atom. The summed E-state index contributed by atoms with van der Waals surface area (Å²) in [6.45, 7) is 9.30. The van der Waals surface area contributed by atoms with E-state index < -0.39 is 5.60 Å². The number of nitrogens with zero attached hydrogens (tertiary/aromatic N) is 1. The highest BCUT2D eigenvalue weighted by Crippen LogP contribution is 2.21. The summed E-state index contributed by atoms with van der Waals surface area (Å²) in [5, 5.41) is 3.56. The molecule has 1 amide bonds. The van der Waals surface area contributed by atoms with E-state index in [1.165, 1.54) is 11.3 Å². The van der Waals surface area contributed by atoms with Gasteiger partial charge in [-0.1, -0.05) is 25.1 Å². The first-order chi connectivity index (χ1) is 9.89. The van der Waals surface area contributed by atoms with Crippen LogP contribution in [0.25, 0.3) is 0 Å². The van der Waals surface area contributed by atoms with Gasteiger partial charge in [-0.3, -0.25) is 0 Å². The molecule has 1 heterocycles. The molecule has 4 nitrogen and oxygen atoms in total. The van der Waals surface area contributed by atoms with Crippen LogP contribution in [0.2, 0.25) is 0 Å². The van der Waals surface area contributed by atoms with Crippen LogP contribution in [0.15, 0.2) is 24.3 Å². The minimum Gasteiger partial charge on any atom is -0.444 e. The molecule has 1 atom stereocenters. The van der Waals surface area contributed by atoms with Crippen molar-refractivity contribution in [2.45, 2.75) is 52.2 Å². The summed E-state index contributed by atoms with van der Waals surface area (Å²) in [6, 6.07) is 8.65. The molecule has 0 aliphatic carbocycles. The van der Waals surface area contributed by atoms with Crippen molar-refractivity contribution in [1.82, 2.24) is 4.90 Å². The topological polar surface area (TPSA) is 41.6 Å². The van der Waals surface area contributed by atoms with Gasteiger partial charge in [0.05, 0.1) is 0 Å². The van der Waals surface area contributed by atoms with Gasteiger partial charge in [0.15, 0.2) is 0 Å².